The number of hydrogen-bond acceptors (Lipinski definition) is 7. The number of aliphatic hydroxyl groups is 1. The van der Waals surface area contributed by atoms with Crippen LogP contribution in [0.4, 0.5) is 20.7 Å². The Morgan fingerprint density at radius 1 is 1.28 bits per heavy atom. The van der Waals surface area contributed by atoms with Crippen LogP contribution in [0.2, 0.25) is 0 Å². The van der Waals surface area contributed by atoms with Crippen molar-refractivity contribution in [1.82, 2.24) is 9.97 Å². The van der Waals surface area contributed by atoms with Gasteiger partial charge in [-0.15, -0.1) is 0 Å². The Labute approximate surface area is 183 Å². The standard InChI is InChI=1S/C23H23FN4O4/c1-11-15(8-26-17-2-3-18(29)20(11)17)14-6-12-7-19(27-9-16(12)22(25)21(14)24)28-23(30)32-13-4-5-31-10-13/h6-9,13,18,29H,2-5,10,25H2,1H3,(H,27,28,30). The lowest BCUT2D eigenvalue weighted by Crippen LogP contribution is -2.22. The van der Waals surface area contributed by atoms with E-state index < -0.39 is 18.0 Å². The minimum Gasteiger partial charge on any atom is -0.443 e. The van der Waals surface area contributed by atoms with Gasteiger partial charge >= 0.3 is 6.09 Å². The summed E-state index contributed by atoms with van der Waals surface area (Å²) in [6, 6.07) is 3.27. The third-order valence-corrected chi connectivity index (χ3v) is 6.14. The van der Waals surface area contributed by atoms with Crippen LogP contribution in [0, 0.1) is 12.7 Å². The van der Waals surface area contributed by atoms with Crippen LogP contribution in [-0.2, 0) is 15.9 Å². The van der Waals surface area contributed by atoms with Crippen LogP contribution in [0.5, 0.6) is 0 Å². The number of carbonyl (C=O) groups is 1. The Hall–Kier alpha value is -3.30. The van der Waals surface area contributed by atoms with Gasteiger partial charge in [0, 0.05) is 46.6 Å². The van der Waals surface area contributed by atoms with E-state index in [1.165, 1.54) is 6.20 Å². The van der Waals surface area contributed by atoms with Crippen molar-refractivity contribution in [3.05, 3.63) is 47.2 Å². The summed E-state index contributed by atoms with van der Waals surface area (Å²) >= 11 is 0. The van der Waals surface area contributed by atoms with E-state index >= 15 is 4.39 Å². The molecular weight excluding hydrogens is 415 g/mol. The van der Waals surface area contributed by atoms with Crippen LogP contribution < -0.4 is 11.1 Å². The quantitative estimate of drug-likeness (QED) is 0.534. The first-order valence-corrected chi connectivity index (χ1v) is 10.5. The average molecular weight is 438 g/mol. The van der Waals surface area contributed by atoms with Gasteiger partial charge in [0.25, 0.3) is 0 Å². The molecule has 0 saturated carbocycles. The number of anilines is 2. The van der Waals surface area contributed by atoms with E-state index in [1.54, 1.807) is 18.3 Å². The second-order valence-electron chi connectivity index (χ2n) is 8.17. The monoisotopic (exact) mass is 438 g/mol. The van der Waals surface area contributed by atoms with E-state index in [2.05, 4.69) is 15.3 Å². The number of fused-ring (bicyclic) bond motifs is 2. The van der Waals surface area contributed by atoms with Gasteiger partial charge in [-0.3, -0.25) is 10.3 Å². The molecule has 1 aliphatic heterocycles. The number of carbonyl (C=O) groups excluding carboxylic acids is 1. The maximum Gasteiger partial charge on any atom is 0.413 e. The molecule has 2 unspecified atom stereocenters. The lowest BCUT2D eigenvalue weighted by molar-refractivity contribution is 0.0931. The van der Waals surface area contributed by atoms with Gasteiger partial charge in [0.2, 0.25) is 0 Å². The summed E-state index contributed by atoms with van der Waals surface area (Å²) < 4.78 is 25.7. The second kappa shape index (κ2) is 7.99. The van der Waals surface area contributed by atoms with Crippen molar-refractivity contribution < 1.29 is 23.8 Å². The average Bonchev–Trinajstić information content (AvgIpc) is 3.41. The molecule has 8 nitrogen and oxygen atoms in total. The molecule has 5 rings (SSSR count). The van der Waals surface area contributed by atoms with E-state index in [-0.39, 0.29) is 23.2 Å². The Morgan fingerprint density at radius 3 is 2.91 bits per heavy atom. The fraction of sp³-hybridized carbons (Fsp3) is 0.348. The lowest BCUT2D eigenvalue weighted by atomic mass is 9.94. The van der Waals surface area contributed by atoms with Crippen molar-refractivity contribution in [3.63, 3.8) is 0 Å². The van der Waals surface area contributed by atoms with Gasteiger partial charge in [-0.2, -0.15) is 0 Å². The van der Waals surface area contributed by atoms with Gasteiger partial charge in [0.15, 0.2) is 5.82 Å². The first kappa shape index (κ1) is 20.6. The molecule has 2 aliphatic rings. The zero-order chi connectivity index (χ0) is 22.4. The summed E-state index contributed by atoms with van der Waals surface area (Å²) in [5, 5.41) is 14.0. The minimum absolute atomic E-state index is 0.0392. The Kier molecular flexibility index (Phi) is 5.15. The first-order chi connectivity index (χ1) is 15.4. The van der Waals surface area contributed by atoms with Crippen molar-refractivity contribution >= 4 is 28.4 Å². The van der Waals surface area contributed by atoms with E-state index in [9.17, 15) is 9.90 Å². The van der Waals surface area contributed by atoms with Crippen molar-refractivity contribution in [1.29, 1.82) is 0 Å². The number of rotatable bonds is 3. The van der Waals surface area contributed by atoms with E-state index in [0.29, 0.717) is 48.8 Å². The normalized spacial score (nSPS) is 19.8. The summed E-state index contributed by atoms with van der Waals surface area (Å²) in [5.41, 5.74) is 9.30. The van der Waals surface area contributed by atoms with Crippen LogP contribution in [0.3, 0.4) is 0 Å². The van der Waals surface area contributed by atoms with Gasteiger partial charge in [-0.1, -0.05) is 0 Å². The number of nitrogen functional groups attached to an aromatic ring is 1. The van der Waals surface area contributed by atoms with Crippen molar-refractivity contribution in [2.45, 2.75) is 38.4 Å². The predicted molar refractivity (Wildman–Crippen MR) is 117 cm³/mol. The van der Waals surface area contributed by atoms with Crippen LogP contribution in [-0.4, -0.2) is 40.5 Å². The molecule has 1 aromatic carbocycles. The summed E-state index contributed by atoms with van der Waals surface area (Å²) in [4.78, 5) is 20.8. The van der Waals surface area contributed by atoms with Gasteiger partial charge in [-0.05, 0) is 42.8 Å². The molecule has 1 saturated heterocycles. The fourth-order valence-corrected chi connectivity index (χ4v) is 4.45. The highest BCUT2D eigenvalue weighted by atomic mass is 19.1. The number of nitrogens with one attached hydrogen (secondary N) is 1. The summed E-state index contributed by atoms with van der Waals surface area (Å²) in [6.07, 6.45) is 3.49. The maximum absolute atomic E-state index is 15.2. The van der Waals surface area contributed by atoms with Gasteiger partial charge in [0.1, 0.15) is 11.9 Å². The lowest BCUT2D eigenvalue weighted by Gasteiger charge is -2.16. The van der Waals surface area contributed by atoms with Crippen LogP contribution in [0.15, 0.2) is 24.5 Å². The Bertz CT molecular complexity index is 1230. The summed E-state index contributed by atoms with van der Waals surface area (Å²) in [7, 11) is 0. The van der Waals surface area contributed by atoms with E-state index in [1.807, 2.05) is 6.92 Å². The molecule has 1 fully saturated rings. The minimum atomic E-state index is -0.629. The van der Waals surface area contributed by atoms with Gasteiger partial charge < -0.3 is 20.3 Å². The number of benzene rings is 1. The number of aliphatic hydroxyl groups excluding tert-OH is 1. The SMILES string of the molecule is Cc1c(-c2cc3cc(NC(=O)OC4CCOC4)ncc3c(N)c2F)cnc2c1C(O)CC2. The molecule has 1 aliphatic carbocycles. The van der Waals surface area contributed by atoms with Crippen LogP contribution in [0.25, 0.3) is 21.9 Å². The highest BCUT2D eigenvalue weighted by molar-refractivity contribution is 5.99. The molecular formula is C23H23FN4O4. The number of hydrogen-bond donors (Lipinski definition) is 3. The Balaban J connectivity index is 1.51. The number of aryl methyl sites for hydroxylation is 1. The molecule has 0 spiro atoms. The second-order valence-corrected chi connectivity index (χ2v) is 8.17. The smallest absolute Gasteiger partial charge is 0.413 e. The molecule has 3 heterocycles. The predicted octanol–water partition coefficient (Wildman–Crippen LogP) is 3.64. The number of nitrogens with two attached hydrogens (primary N) is 1. The summed E-state index contributed by atoms with van der Waals surface area (Å²) in [6.45, 7) is 2.79. The molecule has 4 N–H and O–H groups in total. The third-order valence-electron chi connectivity index (χ3n) is 6.14. The highest BCUT2D eigenvalue weighted by Gasteiger charge is 2.26. The molecule has 2 aromatic heterocycles. The molecule has 0 radical (unpaired) electrons. The van der Waals surface area contributed by atoms with Gasteiger partial charge in [0.05, 0.1) is 25.0 Å². The zero-order valence-electron chi connectivity index (χ0n) is 17.5. The molecule has 1 amide bonds. The molecule has 0 bridgehead atoms. The number of pyridine rings is 2. The summed E-state index contributed by atoms with van der Waals surface area (Å²) in [5.74, 6) is -0.310. The van der Waals surface area contributed by atoms with E-state index in [4.69, 9.17) is 15.2 Å². The van der Waals surface area contributed by atoms with Gasteiger partial charge in [-0.25, -0.2) is 14.2 Å². The third kappa shape index (κ3) is 3.53. The topological polar surface area (TPSA) is 120 Å². The highest BCUT2D eigenvalue weighted by Crippen LogP contribution is 2.40. The number of nitrogens with zero attached hydrogens (tertiary/aromatic N) is 2. The fourth-order valence-electron chi connectivity index (χ4n) is 4.45. The van der Waals surface area contributed by atoms with Crippen molar-refractivity contribution in [2.24, 2.45) is 0 Å². The Morgan fingerprint density at radius 2 is 2.12 bits per heavy atom. The number of ether oxygens (including phenoxy) is 2. The van der Waals surface area contributed by atoms with Crippen LogP contribution >= 0.6 is 0 Å². The maximum atomic E-state index is 15.2. The first-order valence-electron chi connectivity index (χ1n) is 10.5. The molecule has 3 aromatic rings. The number of amides is 1. The molecule has 2 atom stereocenters. The van der Waals surface area contributed by atoms with Crippen molar-refractivity contribution in [3.8, 4) is 11.1 Å². The number of aromatic nitrogens is 2. The zero-order valence-corrected chi connectivity index (χ0v) is 17.5. The molecule has 32 heavy (non-hydrogen) atoms. The van der Waals surface area contributed by atoms with Crippen molar-refractivity contribution in [2.75, 3.05) is 24.3 Å². The largest absolute Gasteiger partial charge is 0.443 e. The van der Waals surface area contributed by atoms with Crippen LogP contribution in [0.1, 0.15) is 35.8 Å². The number of halogens is 1. The van der Waals surface area contributed by atoms with E-state index in [0.717, 1.165) is 16.8 Å². The molecule has 9 heteroatoms. The molecule has 166 valence electrons.